The molecule has 11 heteroatoms. The number of hydrogen-bond acceptors (Lipinski definition) is 8. The molecule has 2 aromatic rings. The Morgan fingerprint density at radius 2 is 0.807 bits per heavy atom. The summed E-state index contributed by atoms with van der Waals surface area (Å²) in [7, 11) is 0. The van der Waals surface area contributed by atoms with E-state index in [1.807, 2.05) is 24.3 Å². The van der Waals surface area contributed by atoms with Crippen molar-refractivity contribution in [3.63, 3.8) is 0 Å². The largest absolute Gasteiger partial charge is 1.00 e. The van der Waals surface area contributed by atoms with E-state index in [1.54, 1.807) is 6.07 Å². The predicted octanol–water partition coefficient (Wildman–Crippen LogP) is 8.07. The molecule has 0 spiro atoms. The van der Waals surface area contributed by atoms with Gasteiger partial charge in [-0.1, -0.05) is 179 Å². The summed E-state index contributed by atoms with van der Waals surface area (Å²) < 4.78 is 11.7. The third-order valence-corrected chi connectivity index (χ3v) is 8.79. The van der Waals surface area contributed by atoms with Crippen LogP contribution in [-0.2, 0) is 9.68 Å². The van der Waals surface area contributed by atoms with Gasteiger partial charge in [0.15, 0.2) is 0 Å². The Balaban J connectivity index is -0.000000143. The van der Waals surface area contributed by atoms with Crippen LogP contribution in [0.1, 0.15) is 191 Å². The van der Waals surface area contributed by atoms with Crippen molar-refractivity contribution < 1.29 is 139 Å². The Kier molecular flexibility index (Phi) is 76.2. The number of nitrogens with zero attached hydrogens (tertiary/aromatic N) is 1. The number of phenols is 2. The average molecular weight is 919 g/mol. The van der Waals surface area contributed by atoms with E-state index in [0.29, 0.717) is 0 Å². The first kappa shape index (κ1) is 69.0. The van der Waals surface area contributed by atoms with Crippen LogP contribution in [0.25, 0.3) is 0 Å². The number of halogens is 1. The van der Waals surface area contributed by atoms with Gasteiger partial charge in [-0.3, -0.25) is 4.79 Å². The number of ether oxygens (including phenoxy) is 2. The number of rotatable bonds is 29. The second-order valence-corrected chi connectivity index (χ2v) is 14.0. The third kappa shape index (κ3) is 63.1. The summed E-state index contributed by atoms with van der Waals surface area (Å²) in [6.45, 7) is 9.71. The smallest absolute Gasteiger partial charge is 1.00 e. The molecule has 2 rings (SSSR count). The number of nitriles is 1. The molecule has 0 aliphatic carbocycles. The van der Waals surface area contributed by atoms with Crippen molar-refractivity contribution in [2.45, 2.75) is 189 Å². The summed E-state index contributed by atoms with van der Waals surface area (Å²) in [5.41, 5.74) is 0. The molecule has 0 aromatic heterocycles. The van der Waals surface area contributed by atoms with Crippen molar-refractivity contribution in [3.05, 3.63) is 48.5 Å². The van der Waals surface area contributed by atoms with Crippen molar-refractivity contribution >= 4 is 22.4 Å². The maximum absolute atomic E-state index is 8.65. The Morgan fingerprint density at radius 3 is 1.04 bits per heavy atom. The first-order valence-electron chi connectivity index (χ1n) is 20.8. The van der Waals surface area contributed by atoms with E-state index in [9.17, 15) is 0 Å². The molecule has 2 N–H and O–H groups in total. The molecule has 0 heterocycles. The van der Waals surface area contributed by atoms with Crippen LogP contribution in [0.2, 0.25) is 0 Å². The van der Waals surface area contributed by atoms with Gasteiger partial charge in [-0.05, 0) is 67.8 Å². The van der Waals surface area contributed by atoms with E-state index < -0.39 is 0 Å². The van der Waals surface area contributed by atoms with Crippen LogP contribution < -0.4 is 118 Å². The summed E-state index contributed by atoms with van der Waals surface area (Å²) in [6, 6.07) is 15.6. The standard InChI is InChI=1S/C26H46O2.C10H21Br.C6H6O2.C2H3N.CH2O3.CH4.2K.H/c1-3-5-7-9-11-13-15-17-23-27-25-19-21-26(22-20-25)28-24-18-16-14-12-10-8-6-4-2;1-2-3-4-5-6-7-8-9-10-11;7-5-1-2-6(8)4-3-5;1-2-3;2-1-4-3;;;;/h19-22H,3-18,23-24H2,1-2H3;2-10H2,1H3;1-4,7-8H;1H3;1,3H;1H4;;;/q;;;;;;2*+1;-1/p-1. The van der Waals surface area contributed by atoms with Gasteiger partial charge in [0.25, 0.3) is 6.47 Å². The van der Waals surface area contributed by atoms with Crippen molar-refractivity contribution in [1.82, 2.24) is 0 Å². The van der Waals surface area contributed by atoms with Gasteiger partial charge in [-0.2, -0.15) is 5.26 Å². The van der Waals surface area contributed by atoms with Gasteiger partial charge in [-0.15, -0.1) is 0 Å². The van der Waals surface area contributed by atoms with Gasteiger partial charge < -0.3 is 31.3 Å². The number of unbranched alkanes of at least 4 members (excludes halogenated alkanes) is 21. The average Bonchev–Trinajstić information content (AvgIpc) is 3.19. The monoisotopic (exact) mass is 917 g/mol. The fourth-order valence-electron chi connectivity index (χ4n) is 5.17. The SMILES string of the molecule is C.CC#N.CCCCCCCCCCBr.CCCCCCCCCCOc1ccc(OCCCCCCCCCC)cc1.O=CO[O-].Oc1ccc(O)cc1.[H-].[K+].[K+]. The van der Waals surface area contributed by atoms with Gasteiger partial charge in [-0.25, -0.2) is 0 Å². The summed E-state index contributed by atoms with van der Waals surface area (Å²) in [6.07, 6.45) is 32.7. The molecular weight excluding hydrogens is 837 g/mol. The minimum atomic E-state index is -0.181. The van der Waals surface area contributed by atoms with E-state index in [1.165, 1.54) is 178 Å². The molecule has 2 aromatic carbocycles. The van der Waals surface area contributed by atoms with Gasteiger partial charge in [0.05, 0.1) is 19.3 Å². The zero-order chi connectivity index (χ0) is 40.6. The minimum Gasteiger partial charge on any atom is -1.00 e. The van der Waals surface area contributed by atoms with Gasteiger partial charge in [0.2, 0.25) is 0 Å². The summed E-state index contributed by atoms with van der Waals surface area (Å²) in [4.78, 5) is 11.2. The topological polar surface area (TPSA) is 132 Å². The second kappa shape index (κ2) is 63.0. The van der Waals surface area contributed by atoms with Crippen LogP contribution in [0, 0.1) is 11.3 Å². The van der Waals surface area contributed by atoms with E-state index in [0.717, 1.165) is 37.6 Å². The Morgan fingerprint density at radius 1 is 0.579 bits per heavy atom. The normalized spacial score (nSPS) is 9.14. The van der Waals surface area contributed by atoms with Crippen molar-refractivity contribution in [2.24, 2.45) is 0 Å². The molecule has 0 bridgehead atoms. The molecule has 0 saturated heterocycles. The maximum atomic E-state index is 8.65. The third-order valence-electron chi connectivity index (χ3n) is 8.23. The molecule has 0 radical (unpaired) electrons. The molecule has 0 amide bonds. The van der Waals surface area contributed by atoms with Crippen molar-refractivity contribution in [1.29, 1.82) is 5.26 Å². The molecule has 57 heavy (non-hydrogen) atoms. The molecule has 0 aliphatic heterocycles. The Bertz CT molecular complexity index is 966. The van der Waals surface area contributed by atoms with Crippen LogP contribution in [0.4, 0.5) is 0 Å². The fraction of sp³-hybridized carbons (Fsp3) is 0.696. The summed E-state index contributed by atoms with van der Waals surface area (Å²) in [5.74, 6) is 2.26. The molecule has 0 unspecified atom stereocenters. The van der Waals surface area contributed by atoms with E-state index in [-0.39, 0.29) is 130 Å². The molecular formula is C46H82BrK2NO7. The fourth-order valence-corrected chi connectivity index (χ4v) is 5.56. The maximum Gasteiger partial charge on any atom is 1.00 e. The molecule has 0 atom stereocenters. The molecule has 8 nitrogen and oxygen atoms in total. The number of carbonyl (C=O) groups excluding carboxylic acids is 1. The zero-order valence-corrected chi connectivity index (χ0v) is 44.4. The minimum absolute atomic E-state index is 0. The van der Waals surface area contributed by atoms with E-state index >= 15 is 0 Å². The van der Waals surface area contributed by atoms with Crippen LogP contribution in [0.3, 0.4) is 0 Å². The van der Waals surface area contributed by atoms with Crippen LogP contribution >= 0.6 is 15.9 Å². The van der Waals surface area contributed by atoms with Crippen molar-refractivity contribution in [3.8, 4) is 29.1 Å². The molecule has 322 valence electrons. The zero-order valence-electron chi connectivity index (χ0n) is 37.5. The van der Waals surface area contributed by atoms with E-state index in [2.05, 4.69) is 41.6 Å². The van der Waals surface area contributed by atoms with Crippen LogP contribution in [0.15, 0.2) is 48.5 Å². The van der Waals surface area contributed by atoms with E-state index in [4.69, 9.17) is 35.0 Å². The molecule has 0 aliphatic rings. The van der Waals surface area contributed by atoms with Crippen LogP contribution in [-0.4, -0.2) is 35.2 Å². The number of benzene rings is 2. The van der Waals surface area contributed by atoms with Gasteiger partial charge in [0.1, 0.15) is 23.0 Å². The first-order chi connectivity index (χ1) is 26.4. The number of carbonyl (C=O) groups is 1. The second-order valence-electron chi connectivity index (χ2n) is 13.2. The van der Waals surface area contributed by atoms with Crippen molar-refractivity contribution in [2.75, 3.05) is 18.5 Å². The number of hydrogen-bond donors (Lipinski definition) is 2. The predicted molar refractivity (Wildman–Crippen MR) is 235 cm³/mol. The van der Waals surface area contributed by atoms with Gasteiger partial charge >= 0.3 is 103 Å². The molecule has 0 saturated carbocycles. The van der Waals surface area contributed by atoms with Gasteiger partial charge in [0, 0.05) is 12.3 Å². The molecule has 0 fully saturated rings. The summed E-state index contributed by atoms with van der Waals surface area (Å²) in [5, 5.41) is 34.2. The summed E-state index contributed by atoms with van der Waals surface area (Å²) >= 11 is 3.44. The Labute approximate surface area is 445 Å². The van der Waals surface area contributed by atoms with Crippen LogP contribution in [0.5, 0.6) is 23.0 Å². The first-order valence-corrected chi connectivity index (χ1v) is 21.9. The Hall–Kier alpha value is 0.313. The number of alkyl halides is 1. The number of phenolic OH excluding ortho intramolecular Hbond substituents is 2. The quantitative estimate of drug-likeness (QED) is 0.0160. The number of aromatic hydroxyl groups is 2.